The van der Waals surface area contributed by atoms with Gasteiger partial charge in [-0.2, -0.15) is 9.97 Å². The number of hydroxylamine groups is 1. The Kier molecular flexibility index (Phi) is 7.40. The van der Waals surface area contributed by atoms with Gasteiger partial charge in [-0.25, -0.2) is 9.37 Å². The minimum absolute atomic E-state index is 0.0393. The van der Waals surface area contributed by atoms with E-state index < -0.39 is 48.8 Å². The molecular formula is C24H30FN7O6PS+. The van der Waals surface area contributed by atoms with Crippen LogP contribution in [0.1, 0.15) is 33.9 Å². The van der Waals surface area contributed by atoms with Gasteiger partial charge in [0.2, 0.25) is 17.8 Å². The topological polar surface area (TPSA) is 159 Å². The van der Waals surface area contributed by atoms with Crippen LogP contribution in [0.5, 0.6) is 5.75 Å². The van der Waals surface area contributed by atoms with Crippen molar-refractivity contribution in [3.05, 3.63) is 36.7 Å². The zero-order valence-electron chi connectivity index (χ0n) is 22.4. The van der Waals surface area contributed by atoms with E-state index in [1.807, 2.05) is 0 Å². The summed E-state index contributed by atoms with van der Waals surface area (Å²) in [6, 6.07) is 7.72. The van der Waals surface area contributed by atoms with Crippen molar-refractivity contribution < 1.29 is 33.1 Å². The van der Waals surface area contributed by atoms with Crippen LogP contribution in [0.4, 0.5) is 16.2 Å². The fourth-order valence-corrected chi connectivity index (χ4v) is 6.56. The van der Waals surface area contributed by atoms with Crippen molar-refractivity contribution in [1.29, 1.82) is 0 Å². The van der Waals surface area contributed by atoms with Gasteiger partial charge in [-0.15, -0.1) is 4.52 Å². The first kappa shape index (κ1) is 28.5. The Balaban J connectivity index is 1.37. The summed E-state index contributed by atoms with van der Waals surface area (Å²) in [5, 5.41) is 14.3. The van der Waals surface area contributed by atoms with Crippen molar-refractivity contribution in [2.24, 2.45) is 0 Å². The molecule has 3 aromatic rings. The van der Waals surface area contributed by atoms with Gasteiger partial charge in [0.15, 0.2) is 52.4 Å². The summed E-state index contributed by atoms with van der Waals surface area (Å²) < 4.78 is 35.0. The number of imidazole rings is 1. The van der Waals surface area contributed by atoms with Gasteiger partial charge in [0.05, 0.1) is 17.3 Å². The number of aliphatic hydroxyl groups is 1. The van der Waals surface area contributed by atoms with Crippen molar-refractivity contribution in [2.75, 3.05) is 18.1 Å². The number of carbonyl (C=O) groups excluding carboxylic acids is 1. The lowest BCUT2D eigenvalue weighted by atomic mass is 9.97. The number of hydrogen-bond acceptors (Lipinski definition) is 12. The standard InChI is InChI=1S/C24H30FN7O6PS/c1-12(2)35-20(33)13(3)32(37-14-9-7-6-8-10-14)39(40)38-17-16-24(17,34)23(4,25)21(36-16)31-11-28-15-18(27-5)29-22(26)30-19(15)31/h6-13,16-17,21,34H,1-5H3,(H3,26,27,29,30)/q+1/t13-,16+,17?,21+,23-,24-/m0/s1. The minimum atomic E-state index is -2.35. The summed E-state index contributed by atoms with van der Waals surface area (Å²) >= 11 is 5.59. The number of ether oxygens (including phenoxy) is 2. The molecule has 1 aromatic carbocycles. The van der Waals surface area contributed by atoms with E-state index in [0.29, 0.717) is 17.1 Å². The van der Waals surface area contributed by atoms with Crippen LogP contribution in [0.3, 0.4) is 0 Å². The molecule has 1 saturated carbocycles. The molecule has 0 radical (unpaired) electrons. The molecule has 214 valence electrons. The zero-order valence-corrected chi connectivity index (χ0v) is 24.1. The highest BCUT2D eigenvalue weighted by Crippen LogP contribution is 2.64. The average molecular weight is 595 g/mol. The number of nitrogens with two attached hydrogens (primary N) is 1. The molecule has 16 heteroatoms. The van der Waals surface area contributed by atoms with Gasteiger partial charge >= 0.3 is 13.0 Å². The molecule has 40 heavy (non-hydrogen) atoms. The van der Waals surface area contributed by atoms with E-state index in [1.54, 1.807) is 58.2 Å². The predicted molar refractivity (Wildman–Crippen MR) is 146 cm³/mol. The first-order chi connectivity index (χ1) is 18.9. The average Bonchev–Trinajstić information content (AvgIpc) is 3.16. The lowest BCUT2D eigenvalue weighted by Crippen LogP contribution is -2.45. The van der Waals surface area contributed by atoms with Gasteiger partial charge in [0.25, 0.3) is 0 Å². The number of halogens is 1. The largest absolute Gasteiger partial charge is 0.480 e. The Bertz CT molecular complexity index is 1450. The highest BCUT2D eigenvalue weighted by molar-refractivity contribution is 8.01. The van der Waals surface area contributed by atoms with E-state index in [0.717, 1.165) is 0 Å². The summed E-state index contributed by atoms with van der Waals surface area (Å²) in [6.07, 6.45) is -2.49. The minimum Gasteiger partial charge on any atom is -0.462 e. The molecule has 2 unspecified atom stereocenters. The number of esters is 1. The number of benzene rings is 1. The molecule has 5 rings (SSSR count). The van der Waals surface area contributed by atoms with Crippen LogP contribution in [0.2, 0.25) is 0 Å². The second-order valence-electron chi connectivity index (χ2n) is 9.95. The molecule has 3 heterocycles. The molecule has 1 aliphatic carbocycles. The SMILES string of the molecule is CNc1nc(N)nc2c1ncn2[C@@H]1O[C@@H]2C(O[P+](=S)N(Oc3ccccc3)[C@@H](C)C(=O)OC(C)C)[C@]2(O)[C@@]1(C)F. The maximum absolute atomic E-state index is 16.4. The van der Waals surface area contributed by atoms with Gasteiger partial charge in [0, 0.05) is 7.05 Å². The third kappa shape index (κ3) is 4.66. The molecule has 1 saturated heterocycles. The number of rotatable bonds is 10. The quantitative estimate of drug-likeness (QED) is 0.179. The first-order valence-electron chi connectivity index (χ1n) is 12.5. The summed E-state index contributed by atoms with van der Waals surface area (Å²) in [5.41, 5.74) is 2.02. The van der Waals surface area contributed by atoms with Crippen LogP contribution < -0.4 is 15.9 Å². The number of anilines is 2. The molecule has 2 fully saturated rings. The number of hydrogen-bond donors (Lipinski definition) is 3. The fraction of sp³-hybridized carbons (Fsp3) is 0.500. The third-order valence-electron chi connectivity index (χ3n) is 6.82. The Morgan fingerprint density at radius 1 is 1.32 bits per heavy atom. The Labute approximate surface area is 235 Å². The van der Waals surface area contributed by atoms with Crippen LogP contribution in [-0.2, 0) is 30.6 Å². The molecule has 0 bridgehead atoms. The molecular weight excluding hydrogens is 564 g/mol. The van der Waals surface area contributed by atoms with E-state index in [2.05, 4.69) is 20.3 Å². The van der Waals surface area contributed by atoms with Crippen LogP contribution in [-0.4, -0.2) is 78.1 Å². The van der Waals surface area contributed by atoms with Crippen LogP contribution in [0.15, 0.2) is 36.7 Å². The lowest BCUT2D eigenvalue weighted by Gasteiger charge is -2.30. The molecule has 2 aliphatic rings. The van der Waals surface area contributed by atoms with E-state index in [-0.39, 0.29) is 17.7 Å². The molecule has 1 aliphatic heterocycles. The van der Waals surface area contributed by atoms with Crippen molar-refractivity contribution in [2.45, 2.75) is 69.5 Å². The molecule has 0 amide bonds. The van der Waals surface area contributed by atoms with Crippen molar-refractivity contribution in [1.82, 2.24) is 24.4 Å². The third-order valence-corrected chi connectivity index (χ3v) is 8.71. The first-order valence-corrected chi connectivity index (χ1v) is 14.7. The zero-order chi connectivity index (χ0) is 29.0. The van der Waals surface area contributed by atoms with E-state index in [9.17, 15) is 9.90 Å². The summed E-state index contributed by atoms with van der Waals surface area (Å²) in [6.45, 7) is 6.22. The van der Waals surface area contributed by atoms with Gasteiger partial charge < -0.3 is 30.5 Å². The maximum Gasteiger partial charge on any atom is 0.480 e. The molecule has 4 N–H and O–H groups in total. The van der Waals surface area contributed by atoms with Gasteiger partial charge in [-0.1, -0.05) is 18.2 Å². The van der Waals surface area contributed by atoms with Crippen molar-refractivity contribution in [3.63, 3.8) is 0 Å². The van der Waals surface area contributed by atoms with Crippen LogP contribution in [0.25, 0.3) is 11.2 Å². The fourth-order valence-electron chi connectivity index (χ4n) is 4.66. The number of fused-ring (bicyclic) bond motifs is 2. The van der Waals surface area contributed by atoms with Gasteiger partial charge in [-0.05, 0) is 39.8 Å². The van der Waals surface area contributed by atoms with E-state index >= 15 is 4.39 Å². The van der Waals surface area contributed by atoms with Crippen LogP contribution in [0, 0.1) is 0 Å². The normalized spacial score (nSPS) is 28.4. The second-order valence-corrected chi connectivity index (χ2v) is 12.0. The maximum atomic E-state index is 16.4. The molecule has 7 atom stereocenters. The Hall–Kier alpha value is -3.07. The van der Waals surface area contributed by atoms with Gasteiger partial charge in [-0.3, -0.25) is 9.36 Å². The van der Waals surface area contributed by atoms with Crippen LogP contribution >= 0.6 is 7.07 Å². The molecule has 2 aromatic heterocycles. The summed E-state index contributed by atoms with van der Waals surface area (Å²) in [4.78, 5) is 32.3. The summed E-state index contributed by atoms with van der Waals surface area (Å²) in [5.74, 6) is 0.151. The van der Waals surface area contributed by atoms with Gasteiger partial charge in [0.1, 0.15) is 6.10 Å². The Morgan fingerprint density at radius 3 is 2.62 bits per heavy atom. The number of carbonyl (C=O) groups is 1. The highest BCUT2D eigenvalue weighted by Gasteiger charge is 2.86. The number of nitrogens with one attached hydrogen (secondary N) is 1. The number of alkyl halides is 1. The lowest BCUT2D eigenvalue weighted by molar-refractivity contribution is -0.158. The van der Waals surface area contributed by atoms with Crippen molar-refractivity contribution in [3.8, 4) is 5.75 Å². The van der Waals surface area contributed by atoms with Crippen molar-refractivity contribution >= 4 is 47.8 Å². The highest BCUT2D eigenvalue weighted by atomic mass is 32.4. The Morgan fingerprint density at radius 2 is 2.02 bits per heavy atom. The number of nitrogen functional groups attached to an aromatic ring is 1. The van der Waals surface area contributed by atoms with E-state index in [4.69, 9.17) is 36.4 Å². The number of para-hydroxylation sites is 1. The molecule has 13 nitrogen and oxygen atoms in total. The molecule has 0 spiro atoms. The number of nitrogens with zero attached hydrogens (tertiary/aromatic N) is 5. The second kappa shape index (κ2) is 10.4. The smallest absolute Gasteiger partial charge is 0.462 e. The summed E-state index contributed by atoms with van der Waals surface area (Å²) in [7, 11) is -0.470. The predicted octanol–water partition coefficient (Wildman–Crippen LogP) is 2.62. The monoisotopic (exact) mass is 594 g/mol. The van der Waals surface area contributed by atoms with E-state index in [1.165, 1.54) is 22.7 Å². The number of aromatic nitrogens is 4.